The van der Waals surface area contributed by atoms with Crippen LogP contribution in [0.3, 0.4) is 0 Å². The van der Waals surface area contributed by atoms with Crippen LogP contribution in [0.5, 0.6) is 0 Å². The average molecular weight is 290 g/mol. The first kappa shape index (κ1) is 16.2. The molecule has 1 saturated heterocycles. The van der Waals surface area contributed by atoms with E-state index in [0.717, 1.165) is 25.5 Å². The third-order valence-electron chi connectivity index (χ3n) is 4.24. The summed E-state index contributed by atoms with van der Waals surface area (Å²) in [5, 5.41) is 3.45. The van der Waals surface area contributed by atoms with Gasteiger partial charge in [-0.25, -0.2) is 4.98 Å². The second-order valence-electron chi connectivity index (χ2n) is 6.71. The van der Waals surface area contributed by atoms with Gasteiger partial charge in [0.05, 0.1) is 0 Å². The minimum atomic E-state index is 0.671. The van der Waals surface area contributed by atoms with Crippen molar-refractivity contribution in [2.75, 3.05) is 38.6 Å². The van der Waals surface area contributed by atoms with Crippen LogP contribution in [0, 0.1) is 5.92 Å². The maximum absolute atomic E-state index is 4.61. The Balaban J connectivity index is 1.83. The molecule has 1 atom stereocenters. The number of nitrogens with one attached hydrogen (secondary N) is 1. The Labute approximate surface area is 129 Å². The molecule has 2 heterocycles. The Kier molecular flexibility index (Phi) is 6.00. The van der Waals surface area contributed by atoms with Gasteiger partial charge < -0.3 is 15.1 Å². The zero-order valence-electron chi connectivity index (χ0n) is 14.0. The fourth-order valence-corrected chi connectivity index (χ4v) is 2.87. The summed E-state index contributed by atoms with van der Waals surface area (Å²) in [6, 6.07) is 5.00. The maximum Gasteiger partial charge on any atom is 0.128 e. The molecule has 1 unspecified atom stereocenters. The van der Waals surface area contributed by atoms with Gasteiger partial charge in [-0.1, -0.05) is 19.9 Å². The maximum atomic E-state index is 4.61. The van der Waals surface area contributed by atoms with Crippen molar-refractivity contribution < 1.29 is 0 Å². The van der Waals surface area contributed by atoms with E-state index >= 15 is 0 Å². The van der Waals surface area contributed by atoms with Crippen LogP contribution in [0.1, 0.15) is 32.3 Å². The molecule has 4 heteroatoms. The number of likely N-dealkylation sites (N-methyl/N-ethyl adjacent to an activating group) is 2. The van der Waals surface area contributed by atoms with Crippen LogP contribution in [0.25, 0.3) is 0 Å². The molecule has 0 spiro atoms. The van der Waals surface area contributed by atoms with E-state index < -0.39 is 0 Å². The zero-order chi connectivity index (χ0) is 15.2. The third-order valence-corrected chi connectivity index (χ3v) is 4.24. The Morgan fingerprint density at radius 1 is 1.43 bits per heavy atom. The van der Waals surface area contributed by atoms with Gasteiger partial charge in [0, 0.05) is 32.4 Å². The molecule has 1 aromatic rings. The summed E-state index contributed by atoms with van der Waals surface area (Å²) in [6.07, 6.45) is 4.62. The predicted molar refractivity (Wildman–Crippen MR) is 89.7 cm³/mol. The van der Waals surface area contributed by atoms with Gasteiger partial charge in [-0.15, -0.1) is 0 Å². The molecule has 0 radical (unpaired) electrons. The summed E-state index contributed by atoms with van der Waals surface area (Å²) in [6.45, 7) is 8.70. The first-order valence-corrected chi connectivity index (χ1v) is 8.13. The summed E-state index contributed by atoms with van der Waals surface area (Å²) in [7, 11) is 4.37. The van der Waals surface area contributed by atoms with E-state index in [1.807, 2.05) is 6.20 Å². The first-order valence-electron chi connectivity index (χ1n) is 8.13. The molecule has 4 nitrogen and oxygen atoms in total. The summed E-state index contributed by atoms with van der Waals surface area (Å²) >= 11 is 0. The van der Waals surface area contributed by atoms with E-state index in [4.69, 9.17) is 0 Å². The fourth-order valence-electron chi connectivity index (χ4n) is 2.87. The summed E-state index contributed by atoms with van der Waals surface area (Å²) < 4.78 is 0. The van der Waals surface area contributed by atoms with Crippen molar-refractivity contribution in [2.45, 2.75) is 39.3 Å². The highest BCUT2D eigenvalue weighted by molar-refractivity contribution is 5.38. The predicted octanol–water partition coefficient (Wildman–Crippen LogP) is 2.36. The minimum Gasteiger partial charge on any atom is -0.358 e. The van der Waals surface area contributed by atoms with Crippen LogP contribution < -0.4 is 10.2 Å². The van der Waals surface area contributed by atoms with Gasteiger partial charge in [0.25, 0.3) is 0 Å². The summed E-state index contributed by atoms with van der Waals surface area (Å²) in [5.74, 6) is 1.76. The largest absolute Gasteiger partial charge is 0.358 e. The molecule has 1 fully saturated rings. The normalized spacial score (nSPS) is 19.4. The Hall–Kier alpha value is -1.13. The molecule has 0 aliphatic carbocycles. The van der Waals surface area contributed by atoms with Crippen molar-refractivity contribution in [3.8, 4) is 0 Å². The van der Waals surface area contributed by atoms with Crippen molar-refractivity contribution in [3.63, 3.8) is 0 Å². The molecule has 0 aromatic carbocycles. The lowest BCUT2D eigenvalue weighted by atomic mass is 10.2. The van der Waals surface area contributed by atoms with Crippen LogP contribution in [0.2, 0.25) is 0 Å². The lowest BCUT2D eigenvalue weighted by Gasteiger charge is -2.26. The number of likely N-dealkylation sites (tertiary alicyclic amines) is 1. The molecule has 2 rings (SSSR count). The minimum absolute atomic E-state index is 0.671. The molecular formula is C17H30N4. The quantitative estimate of drug-likeness (QED) is 0.835. The van der Waals surface area contributed by atoms with Crippen molar-refractivity contribution in [1.29, 1.82) is 0 Å². The van der Waals surface area contributed by atoms with Gasteiger partial charge in [0.15, 0.2) is 0 Å². The number of pyridine rings is 1. The molecule has 1 aromatic heterocycles. The Bertz CT molecular complexity index is 415. The van der Waals surface area contributed by atoms with Crippen molar-refractivity contribution in [3.05, 3.63) is 23.9 Å². The second kappa shape index (κ2) is 7.76. The monoisotopic (exact) mass is 290 g/mol. The lowest BCUT2D eigenvalue weighted by molar-refractivity contribution is 0.314. The fraction of sp³-hybridized carbons (Fsp3) is 0.706. The molecule has 0 bridgehead atoms. The molecule has 1 N–H and O–H groups in total. The van der Waals surface area contributed by atoms with E-state index in [1.54, 1.807) is 0 Å². The summed E-state index contributed by atoms with van der Waals surface area (Å²) in [4.78, 5) is 9.35. The molecular weight excluding hydrogens is 260 g/mol. The van der Waals surface area contributed by atoms with Gasteiger partial charge in [-0.05, 0) is 50.5 Å². The van der Waals surface area contributed by atoms with Crippen LogP contribution in [0.15, 0.2) is 18.3 Å². The number of hydrogen-bond donors (Lipinski definition) is 1. The van der Waals surface area contributed by atoms with E-state index in [9.17, 15) is 0 Å². The van der Waals surface area contributed by atoms with Crippen LogP contribution in [-0.2, 0) is 6.54 Å². The molecule has 0 saturated carbocycles. The number of nitrogens with zero attached hydrogens (tertiary/aromatic N) is 3. The van der Waals surface area contributed by atoms with Crippen LogP contribution in [0.4, 0.5) is 5.82 Å². The van der Waals surface area contributed by atoms with Gasteiger partial charge >= 0.3 is 0 Å². The third kappa shape index (κ3) is 4.97. The van der Waals surface area contributed by atoms with Crippen molar-refractivity contribution >= 4 is 5.82 Å². The smallest absolute Gasteiger partial charge is 0.128 e. The molecule has 0 amide bonds. The number of anilines is 1. The number of aromatic nitrogens is 1. The summed E-state index contributed by atoms with van der Waals surface area (Å²) in [5.41, 5.74) is 1.26. The van der Waals surface area contributed by atoms with Gasteiger partial charge in [-0.2, -0.15) is 0 Å². The van der Waals surface area contributed by atoms with E-state index in [1.165, 1.54) is 24.9 Å². The number of hydrogen-bond acceptors (Lipinski definition) is 4. The Morgan fingerprint density at radius 2 is 2.24 bits per heavy atom. The number of rotatable bonds is 7. The highest BCUT2D eigenvalue weighted by Crippen LogP contribution is 2.18. The van der Waals surface area contributed by atoms with Crippen molar-refractivity contribution in [1.82, 2.24) is 15.2 Å². The SMILES string of the molecule is CC(C)CNCc1ccc(N(C)CC2CCCN2C)nc1. The van der Waals surface area contributed by atoms with Crippen molar-refractivity contribution in [2.24, 2.45) is 5.92 Å². The first-order chi connectivity index (χ1) is 10.1. The Morgan fingerprint density at radius 3 is 2.81 bits per heavy atom. The van der Waals surface area contributed by atoms with Gasteiger partial charge in [0.2, 0.25) is 0 Å². The topological polar surface area (TPSA) is 31.4 Å². The van der Waals surface area contributed by atoms with Crippen LogP contribution >= 0.6 is 0 Å². The highest BCUT2D eigenvalue weighted by atomic mass is 15.2. The zero-order valence-corrected chi connectivity index (χ0v) is 14.0. The molecule has 118 valence electrons. The van der Waals surface area contributed by atoms with E-state index in [-0.39, 0.29) is 0 Å². The van der Waals surface area contributed by atoms with E-state index in [0.29, 0.717) is 12.0 Å². The second-order valence-corrected chi connectivity index (χ2v) is 6.71. The lowest BCUT2D eigenvalue weighted by Crippen LogP contribution is -2.36. The van der Waals surface area contributed by atoms with Gasteiger partial charge in [-0.3, -0.25) is 0 Å². The molecule has 1 aliphatic rings. The molecule has 1 aliphatic heterocycles. The highest BCUT2D eigenvalue weighted by Gasteiger charge is 2.22. The molecule has 21 heavy (non-hydrogen) atoms. The van der Waals surface area contributed by atoms with E-state index in [2.05, 4.69) is 60.2 Å². The van der Waals surface area contributed by atoms with Crippen LogP contribution in [-0.4, -0.2) is 49.7 Å². The standard InChI is InChI=1S/C17H30N4/c1-14(2)10-18-11-15-7-8-17(19-12-15)21(4)13-16-6-5-9-20(16)3/h7-8,12,14,16,18H,5-6,9-11,13H2,1-4H3. The average Bonchev–Trinajstić information content (AvgIpc) is 2.84. The van der Waals surface area contributed by atoms with Gasteiger partial charge in [0.1, 0.15) is 5.82 Å².